The van der Waals surface area contributed by atoms with Crippen LogP contribution in [0.1, 0.15) is 29.3 Å². The third-order valence-corrected chi connectivity index (χ3v) is 4.09. The molecule has 0 saturated carbocycles. The van der Waals surface area contributed by atoms with E-state index in [9.17, 15) is 14.4 Å². The summed E-state index contributed by atoms with van der Waals surface area (Å²) in [5.41, 5.74) is 1.81. The van der Waals surface area contributed by atoms with Crippen LogP contribution in [0.2, 0.25) is 5.02 Å². The summed E-state index contributed by atoms with van der Waals surface area (Å²) in [6.45, 7) is 2.88. The highest BCUT2D eigenvalue weighted by atomic mass is 35.5. The molecular formula is C20H20ClNO5. The normalized spacial score (nSPS) is 10.2. The van der Waals surface area contributed by atoms with Crippen molar-refractivity contribution in [3.63, 3.8) is 0 Å². The van der Waals surface area contributed by atoms with Gasteiger partial charge in [-0.05, 0) is 55.0 Å². The molecule has 0 saturated heterocycles. The number of hydrogen-bond acceptors (Lipinski definition) is 5. The number of nitrogens with one attached hydrogen (secondary N) is 1. The molecule has 0 aliphatic rings. The second-order valence-electron chi connectivity index (χ2n) is 5.76. The van der Waals surface area contributed by atoms with Crippen molar-refractivity contribution in [3.05, 3.63) is 58.6 Å². The lowest BCUT2D eigenvalue weighted by atomic mass is 10.1. The SMILES string of the molecule is CCC(=O)Nc1ccc(C(=O)COC(=O)COc2ccc(Cl)c(C)c2)cc1. The number of hydrogen-bond donors (Lipinski definition) is 1. The van der Waals surface area contributed by atoms with E-state index in [0.29, 0.717) is 28.4 Å². The average molecular weight is 390 g/mol. The Labute approximate surface area is 162 Å². The minimum atomic E-state index is -0.650. The Morgan fingerprint density at radius 1 is 1.04 bits per heavy atom. The van der Waals surface area contributed by atoms with Gasteiger partial charge in [-0.3, -0.25) is 9.59 Å². The van der Waals surface area contributed by atoms with Crippen LogP contribution in [0.5, 0.6) is 5.75 Å². The highest BCUT2D eigenvalue weighted by Crippen LogP contribution is 2.21. The van der Waals surface area contributed by atoms with E-state index < -0.39 is 5.97 Å². The zero-order chi connectivity index (χ0) is 19.8. The van der Waals surface area contributed by atoms with E-state index in [1.54, 1.807) is 49.4 Å². The van der Waals surface area contributed by atoms with E-state index in [4.69, 9.17) is 21.1 Å². The first-order valence-corrected chi connectivity index (χ1v) is 8.74. The van der Waals surface area contributed by atoms with Crippen molar-refractivity contribution in [2.24, 2.45) is 0 Å². The summed E-state index contributed by atoms with van der Waals surface area (Å²) in [5.74, 6) is -0.620. The number of amides is 1. The van der Waals surface area contributed by atoms with Crippen LogP contribution in [-0.2, 0) is 14.3 Å². The predicted octanol–water partition coefficient (Wildman–Crippen LogP) is 3.80. The Morgan fingerprint density at radius 3 is 2.37 bits per heavy atom. The topological polar surface area (TPSA) is 81.7 Å². The molecule has 0 aromatic heterocycles. The van der Waals surface area contributed by atoms with E-state index in [2.05, 4.69) is 5.32 Å². The second-order valence-corrected chi connectivity index (χ2v) is 6.17. The average Bonchev–Trinajstić information content (AvgIpc) is 2.67. The number of Topliss-reactive ketones (excluding diaryl/α,β-unsaturated/α-hetero) is 1. The molecule has 27 heavy (non-hydrogen) atoms. The summed E-state index contributed by atoms with van der Waals surface area (Å²) in [6, 6.07) is 11.4. The molecule has 0 radical (unpaired) electrons. The van der Waals surface area contributed by atoms with Gasteiger partial charge in [0.2, 0.25) is 5.91 Å². The first-order valence-electron chi connectivity index (χ1n) is 8.36. The van der Waals surface area contributed by atoms with E-state index in [1.807, 2.05) is 6.92 Å². The molecule has 6 nitrogen and oxygen atoms in total. The van der Waals surface area contributed by atoms with Gasteiger partial charge in [0.25, 0.3) is 0 Å². The van der Waals surface area contributed by atoms with Crippen molar-refractivity contribution >= 4 is 34.9 Å². The standard InChI is InChI=1S/C20H20ClNO5/c1-3-19(24)22-15-6-4-14(5-7-15)18(23)11-27-20(25)12-26-16-8-9-17(21)13(2)10-16/h4-10H,3,11-12H2,1-2H3,(H,22,24). The maximum Gasteiger partial charge on any atom is 0.344 e. The van der Waals surface area contributed by atoms with E-state index in [0.717, 1.165) is 5.56 Å². The van der Waals surface area contributed by atoms with E-state index >= 15 is 0 Å². The molecule has 0 unspecified atom stereocenters. The molecule has 1 amide bonds. The molecule has 0 aliphatic heterocycles. The largest absolute Gasteiger partial charge is 0.482 e. The van der Waals surface area contributed by atoms with Gasteiger partial charge in [-0.1, -0.05) is 18.5 Å². The molecule has 2 aromatic carbocycles. The summed E-state index contributed by atoms with van der Waals surface area (Å²) in [6.07, 6.45) is 0.369. The minimum Gasteiger partial charge on any atom is -0.482 e. The number of benzene rings is 2. The van der Waals surface area contributed by atoms with Crippen molar-refractivity contribution in [2.75, 3.05) is 18.5 Å². The van der Waals surface area contributed by atoms with E-state index in [-0.39, 0.29) is 24.9 Å². The van der Waals surface area contributed by atoms with Crippen molar-refractivity contribution in [1.29, 1.82) is 0 Å². The fourth-order valence-corrected chi connectivity index (χ4v) is 2.23. The Kier molecular flexibility index (Phi) is 7.37. The van der Waals surface area contributed by atoms with Crippen molar-refractivity contribution < 1.29 is 23.9 Å². The Hall–Kier alpha value is -2.86. The molecule has 0 aliphatic carbocycles. The summed E-state index contributed by atoms with van der Waals surface area (Å²) in [7, 11) is 0. The number of anilines is 1. The van der Waals surface area contributed by atoms with Crippen molar-refractivity contribution in [2.45, 2.75) is 20.3 Å². The molecule has 142 valence electrons. The van der Waals surface area contributed by atoms with Gasteiger partial charge >= 0.3 is 5.97 Å². The number of aryl methyl sites for hydroxylation is 1. The fraction of sp³-hybridized carbons (Fsp3) is 0.250. The number of esters is 1. The van der Waals surface area contributed by atoms with Crippen LogP contribution < -0.4 is 10.1 Å². The van der Waals surface area contributed by atoms with Gasteiger partial charge in [-0.25, -0.2) is 4.79 Å². The lowest BCUT2D eigenvalue weighted by Gasteiger charge is -2.08. The van der Waals surface area contributed by atoms with Gasteiger partial charge in [0, 0.05) is 22.7 Å². The molecular weight excluding hydrogens is 370 g/mol. The van der Waals surface area contributed by atoms with Gasteiger partial charge in [-0.15, -0.1) is 0 Å². The minimum absolute atomic E-state index is 0.112. The summed E-state index contributed by atoms with van der Waals surface area (Å²) in [4.78, 5) is 35.1. The summed E-state index contributed by atoms with van der Waals surface area (Å²) >= 11 is 5.92. The smallest absolute Gasteiger partial charge is 0.344 e. The quantitative estimate of drug-likeness (QED) is 0.548. The van der Waals surface area contributed by atoms with Crippen molar-refractivity contribution in [1.82, 2.24) is 0 Å². The number of ketones is 1. The van der Waals surface area contributed by atoms with Crippen LogP contribution in [0.15, 0.2) is 42.5 Å². The van der Waals surface area contributed by atoms with Crippen LogP contribution in [0, 0.1) is 6.92 Å². The predicted molar refractivity (Wildman–Crippen MR) is 102 cm³/mol. The molecule has 0 fully saturated rings. The van der Waals surface area contributed by atoms with Gasteiger partial charge in [-0.2, -0.15) is 0 Å². The fourth-order valence-electron chi connectivity index (χ4n) is 2.11. The van der Waals surface area contributed by atoms with Crippen LogP contribution in [-0.4, -0.2) is 30.9 Å². The Morgan fingerprint density at radius 2 is 1.74 bits per heavy atom. The Balaban J connectivity index is 1.79. The molecule has 0 heterocycles. The summed E-state index contributed by atoms with van der Waals surface area (Å²) < 4.78 is 10.3. The third kappa shape index (κ3) is 6.42. The first-order chi connectivity index (χ1) is 12.9. The second kappa shape index (κ2) is 9.73. The molecule has 0 atom stereocenters. The van der Waals surface area contributed by atoms with Gasteiger partial charge in [0.15, 0.2) is 19.0 Å². The zero-order valence-corrected chi connectivity index (χ0v) is 15.8. The van der Waals surface area contributed by atoms with Gasteiger partial charge in [0.1, 0.15) is 5.75 Å². The van der Waals surface area contributed by atoms with Gasteiger partial charge < -0.3 is 14.8 Å². The molecule has 0 bridgehead atoms. The number of ether oxygens (including phenoxy) is 2. The van der Waals surface area contributed by atoms with E-state index in [1.165, 1.54) is 0 Å². The number of rotatable bonds is 8. The maximum absolute atomic E-state index is 12.1. The maximum atomic E-state index is 12.1. The molecule has 2 aromatic rings. The van der Waals surface area contributed by atoms with Crippen LogP contribution >= 0.6 is 11.6 Å². The number of carbonyl (C=O) groups is 3. The zero-order valence-electron chi connectivity index (χ0n) is 15.1. The highest BCUT2D eigenvalue weighted by Gasteiger charge is 2.11. The highest BCUT2D eigenvalue weighted by molar-refractivity contribution is 6.31. The van der Waals surface area contributed by atoms with Crippen molar-refractivity contribution in [3.8, 4) is 5.75 Å². The molecule has 7 heteroatoms. The lowest BCUT2D eigenvalue weighted by Crippen LogP contribution is -2.19. The first kappa shape index (κ1) is 20.5. The third-order valence-electron chi connectivity index (χ3n) is 3.66. The molecule has 0 spiro atoms. The van der Waals surface area contributed by atoms with Gasteiger partial charge in [0.05, 0.1) is 0 Å². The van der Waals surface area contributed by atoms with Crippen LogP contribution in [0.3, 0.4) is 0 Å². The number of carbonyl (C=O) groups excluding carboxylic acids is 3. The summed E-state index contributed by atoms with van der Waals surface area (Å²) in [5, 5.41) is 3.29. The molecule has 2 rings (SSSR count). The molecule has 1 N–H and O–H groups in total. The van der Waals surface area contributed by atoms with Crippen LogP contribution in [0.4, 0.5) is 5.69 Å². The van der Waals surface area contributed by atoms with Crippen LogP contribution in [0.25, 0.3) is 0 Å². The number of halogens is 1. The monoisotopic (exact) mass is 389 g/mol. The lowest BCUT2D eigenvalue weighted by molar-refractivity contribution is -0.144. The Bertz CT molecular complexity index is 833.